The summed E-state index contributed by atoms with van der Waals surface area (Å²) in [7, 11) is 0. The molecule has 10 heteroatoms. The average molecular weight is 426 g/mol. The van der Waals surface area contributed by atoms with Gasteiger partial charge in [0.15, 0.2) is 5.56 Å². The zero-order valence-electron chi connectivity index (χ0n) is 13.7. The highest BCUT2D eigenvalue weighted by Gasteiger charge is 2.24. The molecule has 0 bridgehead atoms. The second-order valence-electron chi connectivity index (χ2n) is 5.28. The summed E-state index contributed by atoms with van der Waals surface area (Å²) < 4.78 is 2.35. The lowest BCUT2D eigenvalue weighted by Crippen LogP contribution is -2.45. The molecule has 2 rings (SSSR count). The van der Waals surface area contributed by atoms with Crippen LogP contribution in [0, 0.1) is 0 Å². The number of nitrogens with one attached hydrogen (secondary N) is 1. The van der Waals surface area contributed by atoms with Crippen molar-refractivity contribution in [1.82, 2.24) is 14.5 Å². The van der Waals surface area contributed by atoms with Gasteiger partial charge in [-0.15, -0.1) is 0 Å². The highest BCUT2D eigenvalue weighted by atomic mass is 79.9. The predicted molar refractivity (Wildman–Crippen MR) is 95.5 cm³/mol. The Labute approximate surface area is 155 Å². The molecule has 0 spiro atoms. The lowest BCUT2D eigenvalue weighted by molar-refractivity contribution is -0.135. The summed E-state index contributed by atoms with van der Waals surface area (Å²) in [5.74, 6) is -3.18. The number of carboxylic acid groups (broad SMARTS) is 1. The Morgan fingerprint density at radius 1 is 1.19 bits per heavy atom. The molecule has 0 atom stereocenters. The third kappa shape index (κ3) is 3.85. The van der Waals surface area contributed by atoms with E-state index in [2.05, 4.69) is 15.9 Å². The smallest absolute Gasteiger partial charge is 0.334 e. The highest BCUT2D eigenvalue weighted by Crippen LogP contribution is 2.17. The van der Waals surface area contributed by atoms with Crippen LogP contribution in [-0.4, -0.2) is 37.8 Å². The molecule has 1 aromatic heterocycles. The number of carbonyl (C=O) groups excluding carboxylic acids is 1. The topological polar surface area (TPSA) is 131 Å². The van der Waals surface area contributed by atoms with E-state index in [1.54, 1.807) is 31.2 Å². The van der Waals surface area contributed by atoms with Crippen molar-refractivity contribution in [2.24, 2.45) is 0 Å². The summed E-state index contributed by atoms with van der Waals surface area (Å²) in [6.07, 6.45) is 0. The van der Waals surface area contributed by atoms with Gasteiger partial charge in [-0.1, -0.05) is 34.1 Å². The van der Waals surface area contributed by atoms with Crippen LogP contribution in [0.5, 0.6) is 5.88 Å². The summed E-state index contributed by atoms with van der Waals surface area (Å²) in [5, 5.41) is 20.8. The minimum atomic E-state index is -1.31. The van der Waals surface area contributed by atoms with E-state index < -0.39 is 41.1 Å². The monoisotopic (exact) mass is 425 g/mol. The van der Waals surface area contributed by atoms with E-state index >= 15 is 0 Å². The first-order chi connectivity index (χ1) is 12.3. The normalized spacial score (nSPS) is 10.5. The molecule has 0 aliphatic carbocycles. The van der Waals surface area contributed by atoms with Crippen LogP contribution in [0.25, 0.3) is 0 Å². The summed E-state index contributed by atoms with van der Waals surface area (Å²) in [4.78, 5) is 47.9. The number of aromatic hydroxyl groups is 1. The fourth-order valence-electron chi connectivity index (χ4n) is 2.35. The summed E-state index contributed by atoms with van der Waals surface area (Å²) in [6, 6.07) is 6.93. The maximum Gasteiger partial charge on any atom is 0.334 e. The molecule has 9 nitrogen and oxygen atoms in total. The number of amides is 1. The van der Waals surface area contributed by atoms with Crippen molar-refractivity contribution < 1.29 is 19.8 Å². The molecule has 0 saturated carbocycles. The minimum Gasteiger partial charge on any atom is -0.494 e. The molecule has 0 unspecified atom stereocenters. The summed E-state index contributed by atoms with van der Waals surface area (Å²) in [5.41, 5.74) is -1.84. The summed E-state index contributed by atoms with van der Waals surface area (Å²) in [6.45, 7) is 0.721. The van der Waals surface area contributed by atoms with E-state index in [1.807, 2.05) is 5.32 Å². The van der Waals surface area contributed by atoms with E-state index in [-0.39, 0.29) is 13.1 Å². The van der Waals surface area contributed by atoms with Gasteiger partial charge in [0.05, 0.1) is 6.54 Å². The lowest BCUT2D eigenvalue weighted by atomic mass is 10.2. The number of aliphatic carboxylic acids is 1. The van der Waals surface area contributed by atoms with Gasteiger partial charge in [0, 0.05) is 11.0 Å². The number of carbonyl (C=O) groups is 2. The fraction of sp³-hybridized carbons (Fsp3) is 0.250. The van der Waals surface area contributed by atoms with Crippen molar-refractivity contribution in [2.45, 2.75) is 20.0 Å². The second kappa shape index (κ2) is 8.00. The van der Waals surface area contributed by atoms with Crippen LogP contribution in [0.1, 0.15) is 22.8 Å². The number of rotatable bonds is 6. The number of hydrogen-bond donors (Lipinski definition) is 3. The van der Waals surface area contributed by atoms with E-state index in [0.717, 1.165) is 9.13 Å². The fourth-order valence-corrected chi connectivity index (χ4v) is 2.76. The van der Waals surface area contributed by atoms with Gasteiger partial charge in [-0.25, -0.2) is 4.79 Å². The molecule has 1 amide bonds. The quantitative estimate of drug-likeness (QED) is 0.612. The van der Waals surface area contributed by atoms with Gasteiger partial charge in [0.25, 0.3) is 11.5 Å². The first-order valence-corrected chi connectivity index (χ1v) is 8.37. The number of aromatic nitrogens is 2. The van der Waals surface area contributed by atoms with E-state index in [1.165, 1.54) is 0 Å². The first-order valence-electron chi connectivity index (χ1n) is 7.57. The van der Waals surface area contributed by atoms with Crippen molar-refractivity contribution in [1.29, 1.82) is 0 Å². The molecule has 138 valence electrons. The second-order valence-corrected chi connectivity index (χ2v) is 6.14. The van der Waals surface area contributed by atoms with Gasteiger partial charge in [-0.05, 0) is 18.6 Å². The van der Waals surface area contributed by atoms with Gasteiger partial charge in [0.1, 0.15) is 6.54 Å². The number of halogens is 1. The van der Waals surface area contributed by atoms with Crippen molar-refractivity contribution in [3.8, 4) is 5.88 Å². The van der Waals surface area contributed by atoms with Crippen LogP contribution in [0.3, 0.4) is 0 Å². The maximum absolute atomic E-state index is 12.6. The van der Waals surface area contributed by atoms with Crippen LogP contribution in [0.15, 0.2) is 38.3 Å². The third-order valence-corrected chi connectivity index (χ3v) is 4.40. The Morgan fingerprint density at radius 3 is 2.42 bits per heavy atom. The van der Waals surface area contributed by atoms with Gasteiger partial charge >= 0.3 is 11.7 Å². The Hall–Kier alpha value is -2.88. The van der Waals surface area contributed by atoms with Crippen LogP contribution in [0.4, 0.5) is 0 Å². The molecule has 1 aromatic carbocycles. The Kier molecular flexibility index (Phi) is 5.98. The van der Waals surface area contributed by atoms with Crippen LogP contribution < -0.4 is 16.6 Å². The molecule has 3 N–H and O–H groups in total. The standard InChI is InChI=1S/C16H16BrN3O6/c1-2-19-14(24)12(13(23)18-7-11(21)22)15(25)20(16(19)26)8-9-5-3-4-6-10(9)17/h3-6,24H,2,7-8H2,1H3,(H,18,23)(H,21,22). The molecular weight excluding hydrogens is 410 g/mol. The highest BCUT2D eigenvalue weighted by molar-refractivity contribution is 9.10. The number of carboxylic acids is 1. The van der Waals surface area contributed by atoms with Crippen molar-refractivity contribution in [3.05, 3.63) is 60.7 Å². The summed E-state index contributed by atoms with van der Waals surface area (Å²) >= 11 is 3.32. The predicted octanol–water partition coefficient (Wildman–Crippen LogP) is 0.361. The zero-order valence-corrected chi connectivity index (χ0v) is 15.3. The Morgan fingerprint density at radius 2 is 1.85 bits per heavy atom. The van der Waals surface area contributed by atoms with Gasteiger partial charge in [0.2, 0.25) is 5.88 Å². The Balaban J connectivity index is 2.62. The van der Waals surface area contributed by atoms with E-state index in [4.69, 9.17) is 5.11 Å². The molecule has 0 aliphatic rings. The SMILES string of the molecule is CCn1c(O)c(C(=O)NCC(=O)O)c(=O)n(Cc2ccccc2Br)c1=O. The molecular formula is C16H16BrN3O6. The number of nitrogens with zero attached hydrogens (tertiary/aromatic N) is 2. The van der Waals surface area contributed by atoms with Crippen molar-refractivity contribution in [3.63, 3.8) is 0 Å². The lowest BCUT2D eigenvalue weighted by Gasteiger charge is -2.14. The maximum atomic E-state index is 12.6. The van der Waals surface area contributed by atoms with Crippen LogP contribution in [-0.2, 0) is 17.9 Å². The number of hydrogen-bond acceptors (Lipinski definition) is 5. The van der Waals surface area contributed by atoms with E-state index in [9.17, 15) is 24.3 Å². The first kappa shape index (κ1) is 19.4. The largest absolute Gasteiger partial charge is 0.494 e. The third-order valence-electron chi connectivity index (χ3n) is 3.63. The Bertz CT molecular complexity index is 979. The molecule has 2 aromatic rings. The van der Waals surface area contributed by atoms with Crippen LogP contribution >= 0.6 is 15.9 Å². The molecule has 0 fully saturated rings. The molecule has 0 saturated heterocycles. The number of benzene rings is 1. The van der Waals surface area contributed by atoms with Crippen molar-refractivity contribution in [2.75, 3.05) is 6.54 Å². The zero-order chi connectivity index (χ0) is 19.4. The van der Waals surface area contributed by atoms with Crippen LogP contribution in [0.2, 0.25) is 0 Å². The molecule has 26 heavy (non-hydrogen) atoms. The van der Waals surface area contributed by atoms with Gasteiger partial charge < -0.3 is 15.5 Å². The van der Waals surface area contributed by atoms with E-state index in [0.29, 0.717) is 10.0 Å². The minimum absolute atomic E-state index is 0.0140. The molecule has 0 aliphatic heterocycles. The van der Waals surface area contributed by atoms with Gasteiger partial charge in [-0.3, -0.25) is 23.5 Å². The van der Waals surface area contributed by atoms with Gasteiger partial charge in [-0.2, -0.15) is 0 Å². The molecule has 0 radical (unpaired) electrons. The van der Waals surface area contributed by atoms with Crippen molar-refractivity contribution >= 4 is 27.8 Å². The molecule has 1 heterocycles. The average Bonchev–Trinajstić information content (AvgIpc) is 2.58.